The molecule has 0 amide bonds. The number of hydrogen-bond donors (Lipinski definition) is 0. The molecule has 1 heterocycles. The van der Waals surface area contributed by atoms with E-state index in [4.69, 9.17) is 0 Å². The summed E-state index contributed by atoms with van der Waals surface area (Å²) in [7, 11) is 0. The van der Waals surface area contributed by atoms with E-state index in [0.717, 1.165) is 22.2 Å². The van der Waals surface area contributed by atoms with Gasteiger partial charge in [0.1, 0.15) is 0 Å². The summed E-state index contributed by atoms with van der Waals surface area (Å²) in [5.74, 6) is -0.116. The highest BCUT2D eigenvalue weighted by molar-refractivity contribution is 5.86. The number of benzene rings is 2. The van der Waals surface area contributed by atoms with Gasteiger partial charge < -0.3 is 4.57 Å². The van der Waals surface area contributed by atoms with Crippen LogP contribution >= 0.6 is 0 Å². The highest BCUT2D eigenvalue weighted by atomic mass is 16.6. The van der Waals surface area contributed by atoms with Crippen molar-refractivity contribution < 1.29 is 4.92 Å². The van der Waals surface area contributed by atoms with E-state index in [9.17, 15) is 10.1 Å². The first kappa shape index (κ1) is 13.4. The average Bonchev–Trinajstić information content (AvgIpc) is 2.87. The summed E-state index contributed by atoms with van der Waals surface area (Å²) in [4.78, 5) is 10.5. The van der Waals surface area contributed by atoms with Crippen molar-refractivity contribution in [2.75, 3.05) is 6.54 Å². The van der Waals surface area contributed by atoms with Gasteiger partial charge in [-0.2, -0.15) is 0 Å². The van der Waals surface area contributed by atoms with Gasteiger partial charge in [0.25, 0.3) is 0 Å². The van der Waals surface area contributed by atoms with E-state index >= 15 is 0 Å². The molecule has 0 saturated heterocycles. The topological polar surface area (TPSA) is 48.1 Å². The second kappa shape index (κ2) is 5.40. The van der Waals surface area contributed by atoms with Gasteiger partial charge in [0.2, 0.25) is 6.54 Å². The lowest BCUT2D eigenvalue weighted by Gasteiger charge is -2.05. The third-order valence-corrected chi connectivity index (χ3v) is 3.73. The minimum absolute atomic E-state index is 0.0528. The van der Waals surface area contributed by atoms with Crippen LogP contribution in [0.15, 0.2) is 60.8 Å². The van der Waals surface area contributed by atoms with Crippen molar-refractivity contribution in [1.82, 2.24) is 4.57 Å². The van der Waals surface area contributed by atoms with E-state index in [1.54, 1.807) is 0 Å². The van der Waals surface area contributed by atoms with Crippen molar-refractivity contribution in [3.63, 3.8) is 0 Å². The number of rotatable bonds is 4. The quantitative estimate of drug-likeness (QED) is 0.535. The van der Waals surface area contributed by atoms with Crippen molar-refractivity contribution in [3.8, 4) is 5.69 Å². The Morgan fingerprint density at radius 1 is 1.10 bits per heavy atom. The summed E-state index contributed by atoms with van der Waals surface area (Å²) in [6.07, 6.45) is 2.02. The van der Waals surface area contributed by atoms with E-state index < -0.39 is 0 Å². The molecule has 21 heavy (non-hydrogen) atoms. The van der Waals surface area contributed by atoms with Crippen molar-refractivity contribution in [3.05, 3.63) is 76.5 Å². The van der Waals surface area contributed by atoms with Crippen LogP contribution < -0.4 is 0 Å². The summed E-state index contributed by atoms with van der Waals surface area (Å²) in [5, 5.41) is 11.9. The van der Waals surface area contributed by atoms with Gasteiger partial charge in [-0.25, -0.2) is 0 Å². The van der Waals surface area contributed by atoms with Crippen LogP contribution in [0, 0.1) is 10.1 Å². The van der Waals surface area contributed by atoms with Crippen LogP contribution in [0.4, 0.5) is 0 Å². The van der Waals surface area contributed by atoms with Gasteiger partial charge in [-0.05, 0) is 23.8 Å². The van der Waals surface area contributed by atoms with Crippen molar-refractivity contribution in [2.24, 2.45) is 0 Å². The molecule has 0 fully saturated rings. The highest BCUT2D eigenvalue weighted by Gasteiger charge is 2.18. The van der Waals surface area contributed by atoms with Crippen LogP contribution in [-0.2, 0) is 0 Å². The van der Waals surface area contributed by atoms with Gasteiger partial charge in [0.15, 0.2) is 0 Å². The minimum Gasteiger partial charge on any atom is -0.316 e. The Bertz CT molecular complexity index is 778. The monoisotopic (exact) mass is 280 g/mol. The first-order valence-electron chi connectivity index (χ1n) is 6.94. The molecule has 0 aliphatic heterocycles. The molecule has 3 rings (SSSR count). The highest BCUT2D eigenvalue weighted by Crippen LogP contribution is 2.30. The number of nitrogens with zero attached hydrogens (tertiary/aromatic N) is 2. The van der Waals surface area contributed by atoms with Gasteiger partial charge in [0, 0.05) is 28.1 Å². The maximum Gasteiger partial charge on any atom is 0.210 e. The van der Waals surface area contributed by atoms with Crippen LogP contribution in [0.2, 0.25) is 0 Å². The molecule has 2 aromatic carbocycles. The predicted molar refractivity (Wildman–Crippen MR) is 83.6 cm³/mol. The van der Waals surface area contributed by atoms with Crippen LogP contribution in [0.25, 0.3) is 16.6 Å². The normalized spacial score (nSPS) is 12.4. The minimum atomic E-state index is -0.251. The van der Waals surface area contributed by atoms with Gasteiger partial charge >= 0.3 is 0 Å². The Kier molecular flexibility index (Phi) is 3.44. The molecule has 4 heteroatoms. The van der Waals surface area contributed by atoms with Gasteiger partial charge in [-0.1, -0.05) is 43.3 Å². The zero-order valence-electron chi connectivity index (χ0n) is 11.8. The molecule has 0 radical (unpaired) electrons. The second-order valence-electron chi connectivity index (χ2n) is 5.22. The molecule has 4 nitrogen and oxygen atoms in total. The summed E-state index contributed by atoms with van der Waals surface area (Å²) in [5.41, 5.74) is 3.16. The standard InChI is InChI=1S/C17H16N2O2/c1-13(11-19(20)21)16-12-18(14-7-3-2-4-8-14)17-10-6-5-9-15(16)17/h2-10,12-13H,11H2,1H3. The zero-order chi connectivity index (χ0) is 14.8. The van der Waals surface area contributed by atoms with E-state index in [-0.39, 0.29) is 17.4 Å². The fourth-order valence-electron chi connectivity index (χ4n) is 2.72. The molecule has 1 aromatic heterocycles. The van der Waals surface area contributed by atoms with E-state index in [0.29, 0.717) is 0 Å². The lowest BCUT2D eigenvalue weighted by atomic mass is 10.0. The molecule has 1 atom stereocenters. The summed E-state index contributed by atoms with van der Waals surface area (Å²) >= 11 is 0. The Hall–Kier alpha value is -2.62. The van der Waals surface area contributed by atoms with E-state index in [1.165, 1.54) is 0 Å². The molecular formula is C17H16N2O2. The molecule has 0 bridgehead atoms. The molecule has 0 aliphatic rings. The molecule has 0 spiro atoms. The van der Waals surface area contributed by atoms with Crippen molar-refractivity contribution in [1.29, 1.82) is 0 Å². The first-order valence-corrected chi connectivity index (χ1v) is 6.94. The maximum absolute atomic E-state index is 10.8. The summed E-state index contributed by atoms with van der Waals surface area (Å²) < 4.78 is 2.10. The average molecular weight is 280 g/mol. The van der Waals surface area contributed by atoms with Crippen LogP contribution in [0.3, 0.4) is 0 Å². The predicted octanol–water partition coefficient (Wildman–Crippen LogP) is 4.01. The van der Waals surface area contributed by atoms with Crippen molar-refractivity contribution >= 4 is 10.9 Å². The summed E-state index contributed by atoms with van der Waals surface area (Å²) in [6, 6.07) is 18.1. The number of aromatic nitrogens is 1. The van der Waals surface area contributed by atoms with Crippen LogP contribution in [0.5, 0.6) is 0 Å². The Balaban J connectivity index is 2.17. The fraction of sp³-hybridized carbons (Fsp3) is 0.176. The molecule has 3 aromatic rings. The molecule has 0 N–H and O–H groups in total. The molecule has 106 valence electrons. The fourth-order valence-corrected chi connectivity index (χ4v) is 2.72. The van der Waals surface area contributed by atoms with Crippen LogP contribution in [0.1, 0.15) is 18.4 Å². The lowest BCUT2D eigenvalue weighted by molar-refractivity contribution is -0.482. The van der Waals surface area contributed by atoms with E-state index in [1.807, 2.05) is 67.7 Å². The Morgan fingerprint density at radius 2 is 1.76 bits per heavy atom. The Labute approximate surface area is 122 Å². The smallest absolute Gasteiger partial charge is 0.210 e. The van der Waals surface area contributed by atoms with Gasteiger partial charge in [-0.3, -0.25) is 10.1 Å². The summed E-state index contributed by atoms with van der Waals surface area (Å²) in [6.45, 7) is 1.85. The number of fused-ring (bicyclic) bond motifs is 1. The third kappa shape index (κ3) is 2.52. The number of hydrogen-bond acceptors (Lipinski definition) is 2. The number of nitro groups is 1. The largest absolute Gasteiger partial charge is 0.316 e. The van der Waals surface area contributed by atoms with E-state index in [2.05, 4.69) is 4.57 Å². The zero-order valence-corrected chi connectivity index (χ0v) is 11.8. The maximum atomic E-state index is 10.8. The molecule has 0 saturated carbocycles. The van der Waals surface area contributed by atoms with Gasteiger partial charge in [-0.15, -0.1) is 0 Å². The third-order valence-electron chi connectivity index (χ3n) is 3.73. The molecule has 1 unspecified atom stereocenters. The second-order valence-corrected chi connectivity index (χ2v) is 5.22. The SMILES string of the molecule is CC(C[N+](=O)[O-])c1cn(-c2ccccc2)c2ccccc12. The lowest BCUT2D eigenvalue weighted by Crippen LogP contribution is -2.09. The number of para-hydroxylation sites is 2. The Morgan fingerprint density at radius 3 is 2.48 bits per heavy atom. The first-order chi connectivity index (χ1) is 10.2. The molecular weight excluding hydrogens is 264 g/mol. The van der Waals surface area contributed by atoms with Gasteiger partial charge in [0.05, 0.1) is 5.52 Å². The molecule has 0 aliphatic carbocycles. The van der Waals surface area contributed by atoms with Crippen LogP contribution in [-0.4, -0.2) is 16.0 Å². The van der Waals surface area contributed by atoms with Crippen molar-refractivity contribution in [2.45, 2.75) is 12.8 Å².